The zero-order valence-corrected chi connectivity index (χ0v) is 14.9. The lowest BCUT2D eigenvalue weighted by molar-refractivity contribution is -0.123. The van der Waals surface area contributed by atoms with E-state index in [-0.39, 0.29) is 24.1 Å². The van der Waals surface area contributed by atoms with Gasteiger partial charge in [-0.05, 0) is 24.6 Å². The predicted molar refractivity (Wildman–Crippen MR) is 93.7 cm³/mol. The number of halogens is 1. The van der Waals surface area contributed by atoms with Crippen LogP contribution in [0.15, 0.2) is 23.6 Å². The fourth-order valence-electron chi connectivity index (χ4n) is 1.77. The van der Waals surface area contributed by atoms with Crippen LogP contribution < -0.4 is 10.6 Å². The normalized spacial score (nSPS) is 11.2. The number of rotatable bonds is 4. The molecule has 128 valence electrons. The van der Waals surface area contributed by atoms with Gasteiger partial charge in [-0.1, -0.05) is 26.8 Å². The van der Waals surface area contributed by atoms with Crippen LogP contribution in [-0.2, 0) is 16.0 Å². The molecule has 0 unspecified atom stereocenters. The van der Waals surface area contributed by atoms with E-state index in [9.17, 15) is 14.0 Å². The summed E-state index contributed by atoms with van der Waals surface area (Å²) in [7, 11) is 0. The Labute approximate surface area is 144 Å². The summed E-state index contributed by atoms with van der Waals surface area (Å²) in [6, 6.07) is 4.53. The molecule has 0 aliphatic rings. The second-order valence-electron chi connectivity index (χ2n) is 6.54. The molecule has 2 rings (SSSR count). The third-order valence-electron chi connectivity index (χ3n) is 3.25. The van der Waals surface area contributed by atoms with E-state index in [1.54, 1.807) is 24.4 Å². The number of anilines is 2. The van der Waals surface area contributed by atoms with Gasteiger partial charge < -0.3 is 10.6 Å². The van der Waals surface area contributed by atoms with E-state index in [0.717, 1.165) is 0 Å². The van der Waals surface area contributed by atoms with E-state index in [1.807, 2.05) is 20.8 Å². The monoisotopic (exact) mass is 349 g/mol. The van der Waals surface area contributed by atoms with Gasteiger partial charge in [0.15, 0.2) is 5.13 Å². The number of aryl methyl sites for hydroxylation is 1. The van der Waals surface area contributed by atoms with Crippen LogP contribution in [0, 0.1) is 18.2 Å². The van der Waals surface area contributed by atoms with Crippen LogP contribution >= 0.6 is 11.3 Å². The largest absolute Gasteiger partial charge is 0.326 e. The lowest BCUT2D eigenvalue weighted by Gasteiger charge is -2.15. The van der Waals surface area contributed by atoms with Gasteiger partial charge in [0.1, 0.15) is 5.82 Å². The molecule has 2 aromatic rings. The van der Waals surface area contributed by atoms with Gasteiger partial charge in [0.2, 0.25) is 11.8 Å². The maximum Gasteiger partial charge on any atom is 0.231 e. The minimum absolute atomic E-state index is 0.0530. The van der Waals surface area contributed by atoms with Crippen molar-refractivity contribution in [3.05, 3.63) is 40.7 Å². The van der Waals surface area contributed by atoms with Crippen molar-refractivity contribution >= 4 is 34.0 Å². The molecule has 0 saturated heterocycles. The number of hydrogen-bond donors (Lipinski definition) is 2. The van der Waals surface area contributed by atoms with Crippen LogP contribution in [0.25, 0.3) is 0 Å². The number of thiazole rings is 1. The lowest BCUT2D eigenvalue weighted by Crippen LogP contribution is -2.27. The molecule has 0 saturated carbocycles. The second-order valence-corrected chi connectivity index (χ2v) is 7.40. The maximum atomic E-state index is 13.5. The molecule has 1 aromatic carbocycles. The third kappa shape index (κ3) is 4.86. The Morgan fingerprint density at radius 3 is 2.58 bits per heavy atom. The van der Waals surface area contributed by atoms with Crippen molar-refractivity contribution in [2.45, 2.75) is 34.1 Å². The first-order valence-corrected chi connectivity index (χ1v) is 8.35. The van der Waals surface area contributed by atoms with Gasteiger partial charge in [-0.2, -0.15) is 0 Å². The van der Waals surface area contributed by atoms with Gasteiger partial charge in [-0.3, -0.25) is 9.59 Å². The first-order valence-electron chi connectivity index (χ1n) is 7.47. The lowest BCUT2D eigenvalue weighted by atomic mass is 9.96. The summed E-state index contributed by atoms with van der Waals surface area (Å²) in [5.74, 6) is -0.797. The van der Waals surface area contributed by atoms with Crippen LogP contribution in [0.1, 0.15) is 32.0 Å². The summed E-state index contributed by atoms with van der Waals surface area (Å²) in [5, 5.41) is 7.53. The van der Waals surface area contributed by atoms with Crippen molar-refractivity contribution in [1.82, 2.24) is 4.98 Å². The Morgan fingerprint density at radius 2 is 1.96 bits per heavy atom. The van der Waals surface area contributed by atoms with Gasteiger partial charge in [0, 0.05) is 16.5 Å². The van der Waals surface area contributed by atoms with Crippen LogP contribution in [0.5, 0.6) is 0 Å². The summed E-state index contributed by atoms with van der Waals surface area (Å²) in [5.41, 5.74) is 0.958. The quantitative estimate of drug-likeness (QED) is 0.883. The Morgan fingerprint density at radius 1 is 1.25 bits per heavy atom. The summed E-state index contributed by atoms with van der Waals surface area (Å²) < 4.78 is 13.5. The van der Waals surface area contributed by atoms with E-state index < -0.39 is 5.41 Å². The molecule has 0 fully saturated rings. The summed E-state index contributed by atoms with van der Waals surface area (Å²) in [4.78, 5) is 28.1. The highest BCUT2D eigenvalue weighted by molar-refractivity contribution is 7.13. The minimum Gasteiger partial charge on any atom is -0.326 e. The Bertz CT molecular complexity index is 765. The Balaban J connectivity index is 1.95. The van der Waals surface area contributed by atoms with E-state index in [1.165, 1.54) is 17.4 Å². The van der Waals surface area contributed by atoms with Gasteiger partial charge in [-0.25, -0.2) is 9.37 Å². The van der Waals surface area contributed by atoms with Gasteiger partial charge in [0.25, 0.3) is 0 Å². The number of nitrogens with zero attached hydrogens (tertiary/aromatic N) is 1. The number of carbonyl (C=O) groups is 2. The SMILES string of the molecule is Cc1ccc(NC(=O)Cc2csc(NC(=O)C(C)(C)C)n2)cc1F. The van der Waals surface area contributed by atoms with Gasteiger partial charge in [0.05, 0.1) is 12.1 Å². The van der Waals surface area contributed by atoms with E-state index in [4.69, 9.17) is 0 Å². The van der Waals surface area contributed by atoms with Crippen molar-refractivity contribution in [2.75, 3.05) is 10.6 Å². The molecule has 7 heteroatoms. The fraction of sp³-hybridized carbons (Fsp3) is 0.353. The second kappa shape index (κ2) is 7.09. The molecule has 0 bridgehead atoms. The average molecular weight is 349 g/mol. The number of benzene rings is 1. The van der Waals surface area contributed by atoms with E-state index in [2.05, 4.69) is 15.6 Å². The Kier molecular flexibility index (Phi) is 5.33. The van der Waals surface area contributed by atoms with Crippen LogP contribution in [0.4, 0.5) is 15.2 Å². The van der Waals surface area contributed by atoms with Crippen molar-refractivity contribution in [3.8, 4) is 0 Å². The highest BCUT2D eigenvalue weighted by Gasteiger charge is 2.22. The zero-order chi connectivity index (χ0) is 17.9. The Hall–Kier alpha value is -2.28. The highest BCUT2D eigenvalue weighted by atomic mass is 32.1. The maximum absolute atomic E-state index is 13.5. The molecule has 0 atom stereocenters. The molecule has 1 aromatic heterocycles. The van der Waals surface area contributed by atoms with Crippen molar-refractivity contribution in [3.63, 3.8) is 0 Å². The number of amides is 2. The third-order valence-corrected chi connectivity index (χ3v) is 4.06. The fourth-order valence-corrected chi connectivity index (χ4v) is 2.48. The van der Waals surface area contributed by atoms with Crippen LogP contribution in [0.3, 0.4) is 0 Å². The van der Waals surface area contributed by atoms with Crippen molar-refractivity contribution in [2.24, 2.45) is 5.41 Å². The average Bonchev–Trinajstić information content (AvgIpc) is 2.89. The molecule has 24 heavy (non-hydrogen) atoms. The molecule has 2 N–H and O–H groups in total. The minimum atomic E-state index is -0.515. The molecule has 5 nitrogen and oxygen atoms in total. The molecular formula is C17H20FN3O2S. The van der Waals surface area contributed by atoms with Crippen molar-refractivity contribution < 1.29 is 14.0 Å². The van der Waals surface area contributed by atoms with E-state index in [0.29, 0.717) is 22.1 Å². The smallest absolute Gasteiger partial charge is 0.231 e. The number of hydrogen-bond acceptors (Lipinski definition) is 4. The standard InChI is InChI=1S/C17H20FN3O2S/c1-10-5-6-11(7-13(10)18)19-14(22)8-12-9-24-16(20-12)21-15(23)17(2,3)4/h5-7,9H,8H2,1-4H3,(H,19,22)(H,20,21,23). The molecule has 0 aliphatic carbocycles. The highest BCUT2D eigenvalue weighted by Crippen LogP contribution is 2.21. The molecular weight excluding hydrogens is 329 g/mol. The number of aromatic nitrogens is 1. The molecule has 0 aliphatic heterocycles. The number of carbonyl (C=O) groups excluding carboxylic acids is 2. The zero-order valence-electron chi connectivity index (χ0n) is 14.1. The first kappa shape index (κ1) is 18.1. The van der Waals surface area contributed by atoms with Crippen LogP contribution in [0.2, 0.25) is 0 Å². The molecule has 1 heterocycles. The summed E-state index contributed by atoms with van der Waals surface area (Å²) >= 11 is 1.26. The topological polar surface area (TPSA) is 71.1 Å². The summed E-state index contributed by atoms with van der Waals surface area (Å²) in [6.07, 6.45) is 0.0530. The molecule has 0 radical (unpaired) electrons. The van der Waals surface area contributed by atoms with Crippen molar-refractivity contribution in [1.29, 1.82) is 0 Å². The molecule has 0 spiro atoms. The van der Waals surface area contributed by atoms with Gasteiger partial charge >= 0.3 is 0 Å². The number of nitrogens with one attached hydrogen (secondary N) is 2. The first-order chi connectivity index (χ1) is 11.1. The molecule has 2 amide bonds. The predicted octanol–water partition coefficient (Wildman–Crippen LogP) is 3.76. The van der Waals surface area contributed by atoms with Gasteiger partial charge in [-0.15, -0.1) is 11.3 Å². The van der Waals surface area contributed by atoms with Crippen LogP contribution in [-0.4, -0.2) is 16.8 Å². The van der Waals surface area contributed by atoms with E-state index >= 15 is 0 Å². The summed E-state index contributed by atoms with van der Waals surface area (Å²) in [6.45, 7) is 7.09.